The predicted molar refractivity (Wildman–Crippen MR) is 103 cm³/mol. The molecular weight excluding hydrogens is 443 g/mol. The Kier molecular flexibility index (Phi) is 8.39. The summed E-state index contributed by atoms with van der Waals surface area (Å²) in [6, 6.07) is 3.66. The Bertz CT molecular complexity index is 821. The molecule has 12 heteroatoms. The number of carbonyl (C=O) groups excluding carboxylic acids is 4. The molecule has 2 aliphatic heterocycles. The van der Waals surface area contributed by atoms with Gasteiger partial charge in [-0.2, -0.15) is 0 Å². The Morgan fingerprint density at radius 3 is 2.70 bits per heavy atom. The number of nitrogens with zero attached hydrogens (tertiary/aromatic N) is 1. The first-order chi connectivity index (χ1) is 13.7. The molecule has 2 amide bonds. The van der Waals surface area contributed by atoms with Crippen molar-refractivity contribution in [2.75, 3.05) is 25.5 Å². The molecule has 158 valence electrons. The number of carbonyl (C=O) groups is 4. The van der Waals surface area contributed by atoms with E-state index in [1.807, 2.05) is 17.5 Å². The van der Waals surface area contributed by atoms with Gasteiger partial charge in [0.2, 0.25) is 5.91 Å². The standard InChI is InChI=1S/C18H22N2O7S2.Na/c1-3-27-18(19-13(22)7-12-5-4-6-28-12)14(23)20-8-17(16(24)25,9-26-11(2)21)10-29-15(18)20;/h4-6,15H,3,7-10H2,1-2H3,(H,19,22)(H,24,25);/q;+1/p-1/t15-,17?,18?;/m1./s1. The van der Waals surface area contributed by atoms with E-state index in [0.717, 1.165) is 16.6 Å². The van der Waals surface area contributed by atoms with Crippen molar-refractivity contribution in [3.05, 3.63) is 22.4 Å². The predicted octanol–water partition coefficient (Wildman–Crippen LogP) is -3.64. The average Bonchev–Trinajstić information content (AvgIpc) is 3.18. The second-order valence-electron chi connectivity index (χ2n) is 6.92. The minimum Gasteiger partial charge on any atom is -0.549 e. The summed E-state index contributed by atoms with van der Waals surface area (Å²) in [5.41, 5.74) is -3.05. The van der Waals surface area contributed by atoms with Gasteiger partial charge in [0.15, 0.2) is 0 Å². The van der Waals surface area contributed by atoms with Gasteiger partial charge in [-0.15, -0.1) is 23.1 Å². The number of carboxylic acid groups (broad SMARTS) is 1. The molecule has 3 atom stereocenters. The van der Waals surface area contributed by atoms with E-state index < -0.39 is 34.4 Å². The van der Waals surface area contributed by atoms with Gasteiger partial charge in [0.05, 0.1) is 17.8 Å². The van der Waals surface area contributed by atoms with E-state index in [1.54, 1.807) is 6.92 Å². The number of fused-ring (bicyclic) bond motifs is 1. The third-order valence-electron chi connectivity index (χ3n) is 4.80. The monoisotopic (exact) mass is 464 g/mol. The molecule has 30 heavy (non-hydrogen) atoms. The van der Waals surface area contributed by atoms with Crippen LogP contribution in [0.4, 0.5) is 0 Å². The molecule has 2 unspecified atom stereocenters. The molecule has 9 nitrogen and oxygen atoms in total. The molecule has 0 aliphatic carbocycles. The van der Waals surface area contributed by atoms with Crippen molar-refractivity contribution in [1.82, 2.24) is 10.2 Å². The van der Waals surface area contributed by atoms with Gasteiger partial charge in [-0.3, -0.25) is 14.4 Å². The normalized spacial score (nSPS) is 27.3. The fourth-order valence-corrected chi connectivity index (χ4v) is 5.68. The van der Waals surface area contributed by atoms with E-state index in [2.05, 4.69) is 5.32 Å². The van der Waals surface area contributed by atoms with Gasteiger partial charge >= 0.3 is 35.5 Å². The first-order valence-corrected chi connectivity index (χ1v) is 10.9. The smallest absolute Gasteiger partial charge is 0.549 e. The Morgan fingerprint density at radius 2 is 2.13 bits per heavy atom. The van der Waals surface area contributed by atoms with Crippen LogP contribution >= 0.6 is 23.1 Å². The fourth-order valence-electron chi connectivity index (χ4n) is 3.40. The van der Waals surface area contributed by atoms with Crippen LogP contribution in [0.15, 0.2) is 17.5 Å². The topological polar surface area (TPSA) is 125 Å². The number of thiophene rings is 1. The number of ether oxygens (including phenoxy) is 2. The van der Waals surface area contributed by atoms with Crippen molar-refractivity contribution < 1.29 is 63.3 Å². The van der Waals surface area contributed by atoms with Crippen LogP contribution in [0.5, 0.6) is 0 Å². The van der Waals surface area contributed by atoms with E-state index in [-0.39, 0.29) is 67.4 Å². The van der Waals surface area contributed by atoms with Crippen molar-refractivity contribution in [1.29, 1.82) is 0 Å². The van der Waals surface area contributed by atoms with Crippen molar-refractivity contribution in [2.45, 2.75) is 31.4 Å². The van der Waals surface area contributed by atoms with Gasteiger partial charge in [0.1, 0.15) is 12.0 Å². The number of rotatable bonds is 8. The third-order valence-corrected chi connectivity index (χ3v) is 7.29. The number of β-lactam (4-membered cyclic amide) rings is 1. The number of carboxylic acids is 1. The molecule has 3 heterocycles. The van der Waals surface area contributed by atoms with E-state index in [1.165, 1.54) is 23.2 Å². The van der Waals surface area contributed by atoms with Gasteiger partial charge in [0, 0.05) is 30.7 Å². The number of esters is 1. The summed E-state index contributed by atoms with van der Waals surface area (Å²) in [4.78, 5) is 50.5. The maximum Gasteiger partial charge on any atom is 1.00 e. The number of nitrogens with one attached hydrogen (secondary N) is 1. The van der Waals surface area contributed by atoms with Gasteiger partial charge < -0.3 is 29.6 Å². The first-order valence-electron chi connectivity index (χ1n) is 8.99. The van der Waals surface area contributed by atoms with Gasteiger partial charge in [-0.1, -0.05) is 6.07 Å². The molecule has 0 aromatic carbocycles. The summed E-state index contributed by atoms with van der Waals surface area (Å²) < 4.78 is 10.6. The van der Waals surface area contributed by atoms with Crippen molar-refractivity contribution in [3.63, 3.8) is 0 Å². The van der Waals surface area contributed by atoms with Crippen LogP contribution in [-0.2, 0) is 35.1 Å². The number of amides is 2. The first kappa shape index (κ1) is 25.2. The Labute approximate surface area is 204 Å². The summed E-state index contributed by atoms with van der Waals surface area (Å²) in [6.45, 7) is 2.51. The number of hydrogen-bond donors (Lipinski definition) is 1. The fraction of sp³-hybridized carbons (Fsp3) is 0.556. The summed E-state index contributed by atoms with van der Waals surface area (Å²) >= 11 is 2.59. The molecule has 0 saturated carbocycles. The quantitative estimate of drug-likeness (QED) is 0.181. The zero-order valence-electron chi connectivity index (χ0n) is 17.0. The second kappa shape index (κ2) is 10.0. The van der Waals surface area contributed by atoms with Crippen LogP contribution in [-0.4, -0.2) is 65.3 Å². The van der Waals surface area contributed by atoms with Crippen LogP contribution in [0.3, 0.4) is 0 Å². The molecule has 0 bridgehead atoms. The molecule has 2 aliphatic rings. The Hall–Kier alpha value is -1.11. The minimum atomic E-state index is -1.53. The maximum absolute atomic E-state index is 12.9. The molecule has 0 spiro atoms. The molecule has 0 radical (unpaired) electrons. The van der Waals surface area contributed by atoms with E-state index in [9.17, 15) is 24.3 Å². The molecule has 2 fully saturated rings. The molecule has 1 N–H and O–H groups in total. The van der Waals surface area contributed by atoms with Crippen LogP contribution in [0, 0.1) is 5.41 Å². The summed E-state index contributed by atoms with van der Waals surface area (Å²) in [5.74, 6) is -2.84. The van der Waals surface area contributed by atoms with Crippen LogP contribution in [0.25, 0.3) is 0 Å². The van der Waals surface area contributed by atoms with Gasteiger partial charge in [-0.05, 0) is 18.4 Å². The molecular formula is C18H21N2NaO7S2. The zero-order valence-corrected chi connectivity index (χ0v) is 20.6. The van der Waals surface area contributed by atoms with Crippen LogP contribution in [0.1, 0.15) is 18.7 Å². The van der Waals surface area contributed by atoms with E-state index >= 15 is 0 Å². The van der Waals surface area contributed by atoms with E-state index in [4.69, 9.17) is 9.47 Å². The minimum absolute atomic E-state index is 0. The number of aliphatic carboxylic acids is 1. The zero-order chi connectivity index (χ0) is 21.2. The Morgan fingerprint density at radius 1 is 1.40 bits per heavy atom. The molecule has 1 aromatic rings. The largest absolute Gasteiger partial charge is 1.00 e. The molecule has 3 rings (SSSR count). The van der Waals surface area contributed by atoms with Crippen molar-refractivity contribution in [3.8, 4) is 0 Å². The summed E-state index contributed by atoms with van der Waals surface area (Å²) in [7, 11) is 0. The maximum atomic E-state index is 12.9. The molecule has 1 aromatic heterocycles. The third kappa shape index (κ3) is 4.71. The molecule has 2 saturated heterocycles. The van der Waals surface area contributed by atoms with Gasteiger partial charge in [-0.25, -0.2) is 0 Å². The van der Waals surface area contributed by atoms with E-state index in [0.29, 0.717) is 0 Å². The summed E-state index contributed by atoms with van der Waals surface area (Å²) in [6.07, 6.45) is 0.118. The van der Waals surface area contributed by atoms with Crippen molar-refractivity contribution >= 4 is 46.9 Å². The number of hydrogen-bond acceptors (Lipinski definition) is 9. The summed E-state index contributed by atoms with van der Waals surface area (Å²) in [5, 5.41) is 15.8. The van der Waals surface area contributed by atoms with Crippen LogP contribution < -0.4 is 40.0 Å². The van der Waals surface area contributed by atoms with Gasteiger partial charge in [0.25, 0.3) is 11.6 Å². The second-order valence-corrected chi connectivity index (χ2v) is 9.02. The van der Waals surface area contributed by atoms with Crippen molar-refractivity contribution in [2.24, 2.45) is 5.41 Å². The number of thioether (sulfide) groups is 1. The SMILES string of the molecule is CCOC1(NC(=O)Cc2cccs2)C(=O)N2CC(COC(C)=O)(C(=O)[O-])CS[C@@H]21.[Na+]. The average molecular weight is 464 g/mol. The Balaban J connectivity index is 0.00000320. The van der Waals surface area contributed by atoms with Crippen LogP contribution in [0.2, 0.25) is 0 Å².